The number of hydrogen-bond donors (Lipinski definition) is 0. The van der Waals surface area contributed by atoms with Crippen molar-refractivity contribution in [3.63, 3.8) is 0 Å². The van der Waals surface area contributed by atoms with Crippen molar-refractivity contribution in [2.24, 2.45) is 0 Å². The Bertz CT molecular complexity index is 420. The second kappa shape index (κ2) is 6.57. The van der Waals surface area contributed by atoms with E-state index in [1.807, 2.05) is 13.8 Å². The molecule has 0 N–H and O–H groups in total. The third-order valence-electron chi connectivity index (χ3n) is 3.27. The van der Waals surface area contributed by atoms with E-state index in [0.29, 0.717) is 30.1 Å². The van der Waals surface area contributed by atoms with Crippen molar-refractivity contribution < 1.29 is 19.0 Å². The molecule has 1 unspecified atom stereocenters. The van der Waals surface area contributed by atoms with Crippen LogP contribution < -0.4 is 9.47 Å². The minimum atomic E-state index is -0.864. The minimum absolute atomic E-state index is 0.119. The first-order chi connectivity index (χ1) is 9.03. The van der Waals surface area contributed by atoms with Gasteiger partial charge in [0.25, 0.3) is 0 Å². The number of ketones is 1. The molecule has 0 radical (unpaired) electrons. The summed E-state index contributed by atoms with van der Waals surface area (Å²) in [6.07, 6.45) is 0.584. The molecule has 1 atom stereocenters. The molecule has 1 aromatic rings. The highest BCUT2D eigenvalue weighted by molar-refractivity contribution is 6.06. The van der Waals surface area contributed by atoms with Crippen molar-refractivity contribution >= 4 is 5.78 Å². The zero-order valence-corrected chi connectivity index (χ0v) is 12.3. The molecule has 0 aliphatic rings. The van der Waals surface area contributed by atoms with Crippen LogP contribution in [0.25, 0.3) is 0 Å². The SMILES string of the molecule is CCOC(C)(CC)C(=O)c1c(OC)cccc1OC. The normalized spacial score (nSPS) is 13.7. The molecule has 4 nitrogen and oxygen atoms in total. The first kappa shape index (κ1) is 15.5. The van der Waals surface area contributed by atoms with Gasteiger partial charge in [0.05, 0.1) is 14.2 Å². The van der Waals surface area contributed by atoms with Crippen LogP contribution in [0.4, 0.5) is 0 Å². The molecule has 106 valence electrons. The van der Waals surface area contributed by atoms with Gasteiger partial charge >= 0.3 is 0 Å². The lowest BCUT2D eigenvalue weighted by molar-refractivity contribution is -0.0119. The standard InChI is InChI=1S/C15H22O4/c1-6-15(3,19-7-2)14(16)13-11(17-4)9-8-10-12(13)18-5/h8-10H,6-7H2,1-5H3. The Hall–Kier alpha value is -1.55. The van der Waals surface area contributed by atoms with Crippen LogP contribution in [-0.2, 0) is 4.74 Å². The van der Waals surface area contributed by atoms with Crippen LogP contribution in [0.3, 0.4) is 0 Å². The van der Waals surface area contributed by atoms with Crippen LogP contribution in [0.1, 0.15) is 37.6 Å². The fourth-order valence-corrected chi connectivity index (χ4v) is 1.99. The summed E-state index contributed by atoms with van der Waals surface area (Å²) in [5, 5.41) is 0. The average Bonchev–Trinajstić information content (AvgIpc) is 2.45. The van der Waals surface area contributed by atoms with Gasteiger partial charge < -0.3 is 14.2 Å². The summed E-state index contributed by atoms with van der Waals surface area (Å²) < 4.78 is 16.2. The van der Waals surface area contributed by atoms with E-state index >= 15 is 0 Å². The molecule has 4 heteroatoms. The molecule has 1 rings (SSSR count). The highest BCUT2D eigenvalue weighted by Crippen LogP contribution is 2.33. The number of benzene rings is 1. The predicted molar refractivity (Wildman–Crippen MR) is 74.2 cm³/mol. The Labute approximate surface area is 114 Å². The van der Waals surface area contributed by atoms with Crippen LogP contribution in [0.2, 0.25) is 0 Å². The fourth-order valence-electron chi connectivity index (χ4n) is 1.99. The second-order valence-corrected chi connectivity index (χ2v) is 4.38. The number of Topliss-reactive ketones (excluding diaryl/α,β-unsaturated/α-hetero) is 1. The monoisotopic (exact) mass is 266 g/mol. The number of hydrogen-bond acceptors (Lipinski definition) is 4. The van der Waals surface area contributed by atoms with Gasteiger partial charge in [-0.1, -0.05) is 13.0 Å². The predicted octanol–water partition coefficient (Wildman–Crippen LogP) is 3.09. The molecule has 0 aliphatic heterocycles. The van der Waals surface area contributed by atoms with E-state index in [1.165, 1.54) is 14.2 Å². The minimum Gasteiger partial charge on any atom is -0.496 e. The number of carbonyl (C=O) groups excluding carboxylic acids is 1. The Morgan fingerprint density at radius 3 is 2.05 bits per heavy atom. The van der Waals surface area contributed by atoms with Crippen molar-refractivity contribution in [1.82, 2.24) is 0 Å². The molecule has 0 fully saturated rings. The van der Waals surface area contributed by atoms with Crippen LogP contribution in [-0.4, -0.2) is 32.2 Å². The lowest BCUT2D eigenvalue weighted by Crippen LogP contribution is -2.38. The van der Waals surface area contributed by atoms with Crippen molar-refractivity contribution in [3.8, 4) is 11.5 Å². The fraction of sp³-hybridized carbons (Fsp3) is 0.533. The van der Waals surface area contributed by atoms with E-state index in [0.717, 1.165) is 0 Å². The average molecular weight is 266 g/mol. The maximum absolute atomic E-state index is 12.8. The molecule has 0 amide bonds. The summed E-state index contributed by atoms with van der Waals surface area (Å²) in [6.45, 7) is 6.08. The van der Waals surface area contributed by atoms with Crippen LogP contribution in [0, 0.1) is 0 Å². The molecule has 0 aliphatic carbocycles. The zero-order chi connectivity index (χ0) is 14.5. The molecule has 0 saturated carbocycles. The van der Waals surface area contributed by atoms with Crippen molar-refractivity contribution in [3.05, 3.63) is 23.8 Å². The van der Waals surface area contributed by atoms with E-state index in [9.17, 15) is 4.79 Å². The Morgan fingerprint density at radius 1 is 1.16 bits per heavy atom. The van der Waals surface area contributed by atoms with E-state index in [4.69, 9.17) is 14.2 Å². The van der Waals surface area contributed by atoms with Crippen molar-refractivity contribution in [1.29, 1.82) is 0 Å². The third kappa shape index (κ3) is 3.07. The number of carbonyl (C=O) groups is 1. The summed E-state index contributed by atoms with van der Waals surface area (Å²) in [7, 11) is 3.07. The summed E-state index contributed by atoms with van der Waals surface area (Å²) in [6, 6.07) is 5.29. The molecule has 19 heavy (non-hydrogen) atoms. The van der Waals surface area contributed by atoms with Gasteiger partial charge in [0.15, 0.2) is 0 Å². The molecule has 0 bridgehead atoms. The first-order valence-electron chi connectivity index (χ1n) is 6.43. The molecule has 0 spiro atoms. The largest absolute Gasteiger partial charge is 0.496 e. The molecule has 0 heterocycles. The highest BCUT2D eigenvalue weighted by Gasteiger charge is 2.36. The Kier molecular flexibility index (Phi) is 5.36. The molecule has 0 saturated heterocycles. The van der Waals surface area contributed by atoms with Gasteiger partial charge in [-0.2, -0.15) is 0 Å². The number of ether oxygens (including phenoxy) is 3. The van der Waals surface area contributed by atoms with Crippen LogP contribution >= 0.6 is 0 Å². The van der Waals surface area contributed by atoms with Gasteiger partial charge in [-0.3, -0.25) is 4.79 Å². The first-order valence-corrected chi connectivity index (χ1v) is 6.43. The topological polar surface area (TPSA) is 44.8 Å². The van der Waals surface area contributed by atoms with Crippen molar-refractivity contribution in [2.75, 3.05) is 20.8 Å². The summed E-state index contributed by atoms with van der Waals surface area (Å²) in [5.74, 6) is 0.888. The molecular weight excluding hydrogens is 244 g/mol. The summed E-state index contributed by atoms with van der Waals surface area (Å²) >= 11 is 0. The zero-order valence-electron chi connectivity index (χ0n) is 12.3. The Balaban J connectivity index is 3.31. The van der Waals surface area contributed by atoms with Crippen LogP contribution in [0.5, 0.6) is 11.5 Å². The number of methoxy groups -OCH3 is 2. The molecule has 0 aromatic heterocycles. The van der Waals surface area contributed by atoms with Crippen LogP contribution in [0.15, 0.2) is 18.2 Å². The van der Waals surface area contributed by atoms with E-state index in [-0.39, 0.29) is 5.78 Å². The van der Waals surface area contributed by atoms with E-state index in [1.54, 1.807) is 25.1 Å². The smallest absolute Gasteiger partial charge is 0.201 e. The highest BCUT2D eigenvalue weighted by atomic mass is 16.5. The second-order valence-electron chi connectivity index (χ2n) is 4.38. The molecule has 1 aromatic carbocycles. The quantitative estimate of drug-likeness (QED) is 0.711. The summed E-state index contributed by atoms with van der Waals surface area (Å²) in [5.41, 5.74) is -0.429. The maximum Gasteiger partial charge on any atom is 0.201 e. The van der Waals surface area contributed by atoms with Gasteiger partial charge in [0, 0.05) is 6.61 Å². The van der Waals surface area contributed by atoms with E-state index < -0.39 is 5.60 Å². The Morgan fingerprint density at radius 2 is 1.68 bits per heavy atom. The molecular formula is C15H22O4. The van der Waals surface area contributed by atoms with Gasteiger partial charge in [0.2, 0.25) is 5.78 Å². The van der Waals surface area contributed by atoms with Gasteiger partial charge in [-0.05, 0) is 32.4 Å². The third-order valence-corrected chi connectivity index (χ3v) is 3.27. The number of rotatable bonds is 7. The van der Waals surface area contributed by atoms with Gasteiger partial charge in [0.1, 0.15) is 22.7 Å². The summed E-state index contributed by atoms with van der Waals surface area (Å²) in [4.78, 5) is 12.8. The van der Waals surface area contributed by atoms with E-state index in [2.05, 4.69) is 0 Å². The maximum atomic E-state index is 12.8. The van der Waals surface area contributed by atoms with Gasteiger partial charge in [-0.25, -0.2) is 0 Å². The van der Waals surface area contributed by atoms with Gasteiger partial charge in [-0.15, -0.1) is 0 Å². The lowest BCUT2D eigenvalue weighted by Gasteiger charge is -2.27. The lowest BCUT2D eigenvalue weighted by atomic mass is 9.91. The van der Waals surface area contributed by atoms with Crippen molar-refractivity contribution in [2.45, 2.75) is 32.8 Å².